The number of fused-ring (bicyclic) bond motifs is 5. The van der Waals surface area contributed by atoms with Crippen LogP contribution in [0.2, 0.25) is 18.6 Å². The maximum absolute atomic E-state index is 13.5. The van der Waals surface area contributed by atoms with Crippen molar-refractivity contribution in [3.05, 3.63) is 75.6 Å². The number of aliphatic hydroxyl groups excluding tert-OH is 1. The number of para-hydroxylation sites is 2. The predicted molar refractivity (Wildman–Crippen MR) is 121 cm³/mol. The molecule has 2 heterocycles. The number of benzene rings is 2. The highest BCUT2D eigenvalue weighted by atomic mass is 28.3. The Morgan fingerprint density at radius 2 is 1.58 bits per heavy atom. The van der Waals surface area contributed by atoms with Crippen LogP contribution >= 0.6 is 0 Å². The summed E-state index contributed by atoms with van der Waals surface area (Å²) in [5.41, 5.74) is -0.136. The van der Waals surface area contributed by atoms with E-state index in [0.717, 1.165) is 10.9 Å². The average Bonchev–Trinajstić information content (AvgIpc) is 3.20. The van der Waals surface area contributed by atoms with Crippen molar-refractivity contribution in [1.82, 2.24) is 13.9 Å². The zero-order valence-electron chi connectivity index (χ0n) is 17.9. The van der Waals surface area contributed by atoms with Crippen molar-refractivity contribution in [2.75, 3.05) is 7.11 Å². The van der Waals surface area contributed by atoms with E-state index in [0.29, 0.717) is 18.5 Å². The Morgan fingerprint density at radius 3 is 2.29 bits per heavy atom. The molecule has 1 N–H and O–H groups in total. The van der Waals surface area contributed by atoms with Crippen LogP contribution < -0.4 is 21.3 Å². The molecule has 0 spiro atoms. The number of nitrogens with zero attached hydrogens (tertiary/aromatic N) is 3. The number of aromatic nitrogens is 3. The highest BCUT2D eigenvalue weighted by Gasteiger charge is 2.57. The van der Waals surface area contributed by atoms with E-state index in [4.69, 9.17) is 4.74 Å². The molecule has 0 amide bonds. The fourth-order valence-electron chi connectivity index (χ4n) is 5.85. The van der Waals surface area contributed by atoms with Crippen molar-refractivity contribution >= 4 is 13.3 Å². The summed E-state index contributed by atoms with van der Waals surface area (Å²) in [7, 11) is -0.601. The lowest BCUT2D eigenvalue weighted by molar-refractivity contribution is 0.0829. The van der Waals surface area contributed by atoms with E-state index in [-0.39, 0.29) is 23.0 Å². The van der Waals surface area contributed by atoms with E-state index >= 15 is 0 Å². The van der Waals surface area contributed by atoms with Crippen LogP contribution in [0.3, 0.4) is 0 Å². The molecule has 1 aromatic heterocycles. The third-order valence-electron chi connectivity index (χ3n) is 7.19. The number of aliphatic hydroxyl groups is 1. The van der Waals surface area contributed by atoms with Crippen LogP contribution in [0.25, 0.3) is 5.69 Å². The maximum atomic E-state index is 13.5. The number of ether oxygens (including phenoxy) is 1. The number of hydrogen-bond donors (Lipinski definition) is 1. The minimum atomic E-state index is -2.27. The van der Waals surface area contributed by atoms with Gasteiger partial charge in [0.1, 0.15) is 5.75 Å². The molecule has 1 aliphatic carbocycles. The molecule has 162 valence electrons. The van der Waals surface area contributed by atoms with Crippen molar-refractivity contribution in [3.63, 3.8) is 0 Å². The average molecular weight is 438 g/mol. The molecule has 0 saturated heterocycles. The highest BCUT2D eigenvalue weighted by molar-refractivity contribution is 6.91. The monoisotopic (exact) mass is 437 g/mol. The normalized spacial score (nSPS) is 24.8. The van der Waals surface area contributed by atoms with Gasteiger partial charge >= 0.3 is 11.4 Å². The summed E-state index contributed by atoms with van der Waals surface area (Å²) in [5.74, 6) is 0.831. The van der Waals surface area contributed by atoms with Crippen LogP contribution in [0.15, 0.2) is 64.2 Å². The first kappa shape index (κ1) is 20.1. The Morgan fingerprint density at radius 1 is 0.935 bits per heavy atom. The molecule has 8 heteroatoms. The van der Waals surface area contributed by atoms with Crippen molar-refractivity contribution in [1.29, 1.82) is 0 Å². The first-order chi connectivity index (χ1) is 14.9. The maximum Gasteiger partial charge on any atom is 0.352 e. The number of hydrogen-bond acceptors (Lipinski definition) is 4. The van der Waals surface area contributed by atoms with Crippen LogP contribution in [-0.4, -0.2) is 40.3 Å². The fourth-order valence-corrected chi connectivity index (χ4v) is 10.0. The first-order valence-electron chi connectivity index (χ1n) is 10.7. The summed E-state index contributed by atoms with van der Waals surface area (Å²) in [4.78, 5) is 27.0. The second kappa shape index (κ2) is 7.10. The largest absolute Gasteiger partial charge is 0.497 e. The van der Waals surface area contributed by atoms with Crippen LogP contribution in [0, 0.1) is 0 Å². The summed E-state index contributed by atoms with van der Waals surface area (Å²) in [5, 5.41) is 12.2. The molecular formula is C23H27N3O4Si. The Labute approximate surface area is 181 Å². The van der Waals surface area contributed by atoms with Crippen molar-refractivity contribution in [3.8, 4) is 11.4 Å². The Kier molecular flexibility index (Phi) is 4.60. The van der Waals surface area contributed by atoms with E-state index in [1.165, 1.54) is 4.57 Å². The van der Waals surface area contributed by atoms with Gasteiger partial charge in [-0.15, -0.1) is 0 Å². The number of methoxy groups -OCH3 is 1. The molecular weight excluding hydrogens is 410 g/mol. The standard InChI is InChI=1S/C23H27N3O4Si/c1-30-18-11-7-8-12-19(18)31(2,3)21-16-13-14-17(27)20(21)26-23(29)24(22(28)25(16)26)15-9-5-4-6-10-15/h4-12,16-17,20-21,27H,13-14H2,1-3H3/t16-,17+,20+,21+/m1/s1. The van der Waals surface area contributed by atoms with E-state index in [1.54, 1.807) is 28.6 Å². The minimum Gasteiger partial charge on any atom is -0.497 e. The van der Waals surface area contributed by atoms with E-state index < -0.39 is 20.2 Å². The molecule has 7 nitrogen and oxygen atoms in total. The molecule has 1 fully saturated rings. The van der Waals surface area contributed by atoms with E-state index in [2.05, 4.69) is 19.2 Å². The van der Waals surface area contributed by atoms with Crippen molar-refractivity contribution in [2.45, 2.75) is 49.7 Å². The van der Waals surface area contributed by atoms with Crippen molar-refractivity contribution < 1.29 is 9.84 Å². The lowest BCUT2D eigenvalue weighted by Gasteiger charge is -2.42. The van der Waals surface area contributed by atoms with Crippen molar-refractivity contribution in [2.24, 2.45) is 0 Å². The summed E-state index contributed by atoms with van der Waals surface area (Å²) < 4.78 is 10.1. The van der Waals surface area contributed by atoms with Gasteiger partial charge in [0.2, 0.25) is 0 Å². The third kappa shape index (κ3) is 2.74. The van der Waals surface area contributed by atoms with Gasteiger partial charge in [0.05, 0.1) is 39.1 Å². The Hall–Kier alpha value is -2.84. The summed E-state index contributed by atoms with van der Waals surface area (Å²) in [6.07, 6.45) is 0.591. The molecule has 4 atom stereocenters. The molecule has 2 aromatic carbocycles. The van der Waals surface area contributed by atoms with Crippen LogP contribution in [-0.2, 0) is 0 Å². The first-order valence-corrected chi connectivity index (χ1v) is 13.8. The van der Waals surface area contributed by atoms with Gasteiger partial charge in [-0.05, 0) is 36.2 Å². The van der Waals surface area contributed by atoms with Gasteiger partial charge in [-0.1, -0.05) is 49.5 Å². The molecule has 5 rings (SSSR count). The smallest absolute Gasteiger partial charge is 0.352 e. The van der Waals surface area contributed by atoms with Gasteiger partial charge in [-0.3, -0.25) is 0 Å². The Balaban J connectivity index is 1.70. The lowest BCUT2D eigenvalue weighted by atomic mass is 9.90. The third-order valence-corrected chi connectivity index (χ3v) is 11.4. The zero-order valence-corrected chi connectivity index (χ0v) is 18.9. The predicted octanol–water partition coefficient (Wildman–Crippen LogP) is 2.05. The van der Waals surface area contributed by atoms with Gasteiger partial charge in [0.15, 0.2) is 0 Å². The zero-order chi connectivity index (χ0) is 21.9. The second-order valence-corrected chi connectivity index (χ2v) is 13.7. The summed E-state index contributed by atoms with van der Waals surface area (Å²) in [6, 6.07) is 16.5. The van der Waals surface area contributed by atoms with Crippen LogP contribution in [0.5, 0.6) is 5.75 Å². The molecule has 3 aromatic rings. The molecule has 1 saturated carbocycles. The fraction of sp³-hybridized carbons (Fsp3) is 0.391. The topological polar surface area (TPSA) is 78.4 Å². The van der Waals surface area contributed by atoms with Crippen LogP contribution in [0.4, 0.5) is 0 Å². The molecule has 0 radical (unpaired) electrons. The van der Waals surface area contributed by atoms with Gasteiger partial charge < -0.3 is 9.84 Å². The summed E-state index contributed by atoms with van der Waals surface area (Å²) >= 11 is 0. The van der Waals surface area contributed by atoms with Crippen LogP contribution in [0.1, 0.15) is 24.9 Å². The quantitative estimate of drug-likeness (QED) is 0.634. The molecule has 31 heavy (non-hydrogen) atoms. The second-order valence-electron chi connectivity index (χ2n) is 9.08. The molecule has 0 unspecified atom stereocenters. The number of rotatable bonds is 4. The van der Waals surface area contributed by atoms with Gasteiger partial charge in [-0.2, -0.15) is 0 Å². The van der Waals surface area contributed by atoms with Gasteiger partial charge in [0, 0.05) is 5.54 Å². The highest BCUT2D eigenvalue weighted by Crippen LogP contribution is 2.54. The molecule has 1 aliphatic heterocycles. The van der Waals surface area contributed by atoms with E-state index in [1.807, 2.05) is 36.4 Å². The van der Waals surface area contributed by atoms with Gasteiger partial charge in [0.25, 0.3) is 0 Å². The van der Waals surface area contributed by atoms with Gasteiger partial charge in [-0.25, -0.2) is 23.5 Å². The molecule has 2 aliphatic rings. The Bertz CT molecular complexity index is 1240. The molecule has 2 bridgehead atoms. The van der Waals surface area contributed by atoms with E-state index in [9.17, 15) is 14.7 Å². The lowest BCUT2D eigenvalue weighted by Crippen LogP contribution is -2.53. The minimum absolute atomic E-state index is 0.0124. The summed E-state index contributed by atoms with van der Waals surface area (Å²) in [6.45, 7) is 4.50. The SMILES string of the molecule is COc1ccccc1[Si](C)(C)[C@@H]1[C@@H]2[C@@H](O)CC[C@H]1n1c(=O)n(-c3ccccc3)c(=O)n12.